The quantitative estimate of drug-likeness (QED) is 0.258. The van der Waals surface area contributed by atoms with Gasteiger partial charge in [-0.3, -0.25) is 9.69 Å². The normalized spacial score (nSPS) is 14.8. The molecule has 1 amide bonds. The second-order valence-electron chi connectivity index (χ2n) is 9.61. The van der Waals surface area contributed by atoms with Crippen LogP contribution in [0.25, 0.3) is 28.2 Å². The number of carboxylic acid groups (broad SMARTS) is 1. The molecule has 0 saturated carbocycles. The van der Waals surface area contributed by atoms with Crippen molar-refractivity contribution >= 4 is 29.2 Å². The number of hydrogen-bond donors (Lipinski definition) is 1. The number of halogens is 7. The van der Waals surface area contributed by atoms with Crippen molar-refractivity contribution in [2.75, 3.05) is 31.1 Å². The Hall–Kier alpha value is -4.43. The summed E-state index contributed by atoms with van der Waals surface area (Å²) in [5.41, 5.74) is -0.139. The summed E-state index contributed by atoms with van der Waals surface area (Å²) in [6.07, 6.45) is -8.83. The van der Waals surface area contributed by atoms with Gasteiger partial charge in [-0.2, -0.15) is 31.4 Å². The van der Waals surface area contributed by atoms with Gasteiger partial charge < -0.3 is 10.0 Å². The number of aromatic nitrogens is 3. The van der Waals surface area contributed by atoms with Crippen molar-refractivity contribution in [2.45, 2.75) is 12.4 Å². The van der Waals surface area contributed by atoms with Gasteiger partial charge in [-0.15, -0.1) is 0 Å². The molecule has 1 aliphatic rings. The number of alkyl halides is 6. The Morgan fingerprint density at radius 1 is 0.953 bits per heavy atom. The fourth-order valence-electron chi connectivity index (χ4n) is 4.83. The highest BCUT2D eigenvalue weighted by Crippen LogP contribution is 2.37. The van der Waals surface area contributed by atoms with Crippen LogP contribution in [0, 0.1) is 0 Å². The third-order valence-corrected chi connectivity index (χ3v) is 6.90. The molecule has 1 aliphatic heterocycles. The minimum Gasteiger partial charge on any atom is -0.478 e. The second kappa shape index (κ2) is 11.3. The van der Waals surface area contributed by atoms with Crippen molar-refractivity contribution in [1.29, 1.82) is 0 Å². The molecule has 0 unspecified atom stereocenters. The summed E-state index contributed by atoms with van der Waals surface area (Å²) >= 11 is 6.25. The molecule has 1 fully saturated rings. The number of benzene rings is 2. The molecule has 224 valence electrons. The van der Waals surface area contributed by atoms with Crippen LogP contribution in [0.2, 0.25) is 5.02 Å². The molecule has 4 aromatic rings. The predicted molar refractivity (Wildman–Crippen MR) is 144 cm³/mol. The lowest BCUT2D eigenvalue weighted by Gasteiger charge is -2.34. The van der Waals surface area contributed by atoms with Gasteiger partial charge in [-0.05, 0) is 47.5 Å². The topological polar surface area (TPSA) is 91.6 Å². The van der Waals surface area contributed by atoms with E-state index >= 15 is 0 Å². The van der Waals surface area contributed by atoms with Gasteiger partial charge in [0.1, 0.15) is 5.56 Å². The fourth-order valence-corrected chi connectivity index (χ4v) is 5.00. The van der Waals surface area contributed by atoms with Crippen LogP contribution in [0.3, 0.4) is 0 Å². The van der Waals surface area contributed by atoms with E-state index in [-0.39, 0.29) is 31.1 Å². The predicted octanol–water partition coefficient (Wildman–Crippen LogP) is 6.18. The van der Waals surface area contributed by atoms with Gasteiger partial charge >= 0.3 is 18.3 Å². The van der Waals surface area contributed by atoms with E-state index in [4.69, 9.17) is 11.6 Å². The average molecular weight is 624 g/mol. The van der Waals surface area contributed by atoms with Crippen LogP contribution in [0.15, 0.2) is 66.9 Å². The number of aromatic carboxylic acids is 1. The van der Waals surface area contributed by atoms with Gasteiger partial charge in [0.15, 0.2) is 11.5 Å². The lowest BCUT2D eigenvalue weighted by atomic mass is 9.97. The molecular formula is C28H20ClF6N5O3. The molecule has 5 rings (SSSR count). The minimum absolute atomic E-state index is 0.0522. The number of rotatable bonds is 6. The summed E-state index contributed by atoms with van der Waals surface area (Å²) in [4.78, 5) is 30.7. The van der Waals surface area contributed by atoms with E-state index in [1.54, 1.807) is 48.5 Å². The Balaban J connectivity index is 1.46. The molecule has 0 bridgehead atoms. The van der Waals surface area contributed by atoms with E-state index in [0.29, 0.717) is 38.3 Å². The van der Waals surface area contributed by atoms with Gasteiger partial charge in [-0.1, -0.05) is 35.9 Å². The average Bonchev–Trinajstić information content (AvgIpc) is 3.39. The maximum atomic E-state index is 13.8. The van der Waals surface area contributed by atoms with E-state index in [9.17, 15) is 41.0 Å². The molecule has 15 heteroatoms. The van der Waals surface area contributed by atoms with E-state index in [1.807, 2.05) is 0 Å². The summed E-state index contributed by atoms with van der Waals surface area (Å²) in [5.74, 6) is -2.54. The molecule has 0 radical (unpaired) electrons. The van der Waals surface area contributed by atoms with Crippen molar-refractivity contribution in [3.8, 4) is 28.2 Å². The highest BCUT2D eigenvalue weighted by molar-refractivity contribution is 6.31. The number of pyridine rings is 1. The van der Waals surface area contributed by atoms with Crippen LogP contribution < -0.4 is 4.90 Å². The monoisotopic (exact) mass is 623 g/mol. The smallest absolute Gasteiger partial charge is 0.434 e. The van der Waals surface area contributed by atoms with Crippen molar-refractivity contribution in [2.24, 2.45) is 0 Å². The lowest BCUT2D eigenvalue weighted by molar-refractivity contribution is -0.150. The van der Waals surface area contributed by atoms with Crippen molar-refractivity contribution in [1.82, 2.24) is 19.7 Å². The molecule has 43 heavy (non-hydrogen) atoms. The van der Waals surface area contributed by atoms with Crippen LogP contribution in [0.5, 0.6) is 0 Å². The number of hydrogen-bond acceptors (Lipinski definition) is 5. The van der Waals surface area contributed by atoms with Crippen LogP contribution in [-0.4, -0.2) is 69.0 Å². The van der Waals surface area contributed by atoms with Crippen LogP contribution >= 0.6 is 11.6 Å². The lowest BCUT2D eigenvalue weighted by Crippen LogP contribution is -2.52. The molecule has 0 aliphatic carbocycles. The number of anilines is 1. The third kappa shape index (κ3) is 6.49. The first kappa shape index (κ1) is 30.0. The Labute approximate surface area is 244 Å². The molecule has 0 spiro atoms. The largest absolute Gasteiger partial charge is 0.478 e. The molecule has 3 heterocycles. The summed E-state index contributed by atoms with van der Waals surface area (Å²) in [6.45, 7) is -1.41. The summed E-state index contributed by atoms with van der Waals surface area (Å²) in [6, 6.07) is 15.8. The maximum absolute atomic E-state index is 13.8. The zero-order valence-electron chi connectivity index (χ0n) is 21.8. The number of carbonyl (C=O) groups is 2. The SMILES string of the molecule is O=C(O)c1cnn(-c2cccc(-c3cc(Cl)ccc3-c3ccc(N4CCN(CC(F)(F)F)CC4=O)cc3)n2)c1C(F)(F)F. The third-order valence-electron chi connectivity index (χ3n) is 6.67. The van der Waals surface area contributed by atoms with E-state index in [2.05, 4.69) is 10.1 Å². The number of piperazine rings is 1. The Kier molecular flexibility index (Phi) is 7.92. The van der Waals surface area contributed by atoms with Crippen LogP contribution in [0.4, 0.5) is 32.0 Å². The number of carbonyl (C=O) groups excluding carboxylic acids is 1. The first-order valence-corrected chi connectivity index (χ1v) is 12.9. The second-order valence-corrected chi connectivity index (χ2v) is 10.0. The van der Waals surface area contributed by atoms with Crippen molar-refractivity contribution < 1.29 is 41.0 Å². The Morgan fingerprint density at radius 2 is 1.67 bits per heavy atom. The standard InChI is InChI=1S/C28H20ClF6N5O3/c29-17-6-9-19(16-4-7-18(8-5-16)39-11-10-38(14-24(39)41)15-27(30,31)32)20(12-17)22-2-1-3-23(37-22)40-25(28(33,34)35)21(13-36-40)26(42)43/h1-9,12-13H,10-11,14-15H2,(H,42,43). The fraction of sp³-hybridized carbons (Fsp3) is 0.214. The highest BCUT2D eigenvalue weighted by atomic mass is 35.5. The van der Waals surface area contributed by atoms with Gasteiger partial charge in [-0.25, -0.2) is 14.5 Å². The van der Waals surface area contributed by atoms with Crippen molar-refractivity contribution in [3.63, 3.8) is 0 Å². The minimum atomic E-state index is -5.03. The molecule has 2 aromatic carbocycles. The molecular weight excluding hydrogens is 604 g/mol. The zero-order chi connectivity index (χ0) is 31.1. The van der Waals surface area contributed by atoms with Gasteiger partial charge in [0.25, 0.3) is 0 Å². The number of amides is 1. The molecule has 1 N–H and O–H groups in total. The zero-order valence-corrected chi connectivity index (χ0v) is 22.6. The first-order valence-electron chi connectivity index (χ1n) is 12.6. The summed E-state index contributed by atoms with van der Waals surface area (Å²) in [5, 5.41) is 13.2. The van der Waals surface area contributed by atoms with Crippen molar-refractivity contribution in [3.05, 3.63) is 83.1 Å². The van der Waals surface area contributed by atoms with E-state index < -0.39 is 42.0 Å². The number of carboxylic acids is 1. The first-order chi connectivity index (χ1) is 20.2. The van der Waals surface area contributed by atoms with Gasteiger partial charge in [0.05, 0.1) is 25.0 Å². The van der Waals surface area contributed by atoms with Gasteiger partial charge in [0, 0.05) is 29.4 Å². The van der Waals surface area contributed by atoms with E-state index in [0.717, 1.165) is 4.90 Å². The number of nitrogens with zero attached hydrogens (tertiary/aromatic N) is 5. The Bertz CT molecular complexity index is 1690. The molecule has 8 nitrogen and oxygen atoms in total. The van der Waals surface area contributed by atoms with Gasteiger partial charge in [0.2, 0.25) is 5.91 Å². The van der Waals surface area contributed by atoms with Crippen LogP contribution in [-0.2, 0) is 11.0 Å². The molecule has 0 atom stereocenters. The summed E-state index contributed by atoms with van der Waals surface area (Å²) < 4.78 is 79.9. The highest BCUT2D eigenvalue weighted by Gasteiger charge is 2.41. The van der Waals surface area contributed by atoms with E-state index in [1.165, 1.54) is 17.0 Å². The van der Waals surface area contributed by atoms with Crippen LogP contribution in [0.1, 0.15) is 16.1 Å². The molecule has 2 aromatic heterocycles. The molecule has 1 saturated heterocycles. The summed E-state index contributed by atoms with van der Waals surface area (Å²) in [7, 11) is 0. The Morgan fingerprint density at radius 3 is 2.30 bits per heavy atom. The maximum Gasteiger partial charge on any atom is 0.434 e.